The molecule has 0 aliphatic rings. The van der Waals surface area contributed by atoms with E-state index in [1.165, 1.54) is 0 Å². The van der Waals surface area contributed by atoms with Crippen molar-refractivity contribution in [1.29, 1.82) is 0 Å². The summed E-state index contributed by atoms with van der Waals surface area (Å²) in [6, 6.07) is 0. The van der Waals surface area contributed by atoms with E-state index < -0.39 is 0 Å². The van der Waals surface area contributed by atoms with Crippen molar-refractivity contribution in [3.8, 4) is 0 Å². The summed E-state index contributed by atoms with van der Waals surface area (Å²) < 4.78 is 0. The van der Waals surface area contributed by atoms with Crippen molar-refractivity contribution in [3.05, 3.63) is 11.4 Å². The van der Waals surface area contributed by atoms with Gasteiger partial charge in [0.25, 0.3) is 0 Å². The molecule has 0 bridgehead atoms. The number of nitrogens with zero attached hydrogens (tertiary/aromatic N) is 3. The van der Waals surface area contributed by atoms with E-state index in [2.05, 4.69) is 20.6 Å². The third-order valence-corrected chi connectivity index (χ3v) is 2.78. The summed E-state index contributed by atoms with van der Waals surface area (Å²) in [6.45, 7) is 4.45. The molecule has 6 nitrogen and oxygen atoms in total. The van der Waals surface area contributed by atoms with E-state index in [1.54, 1.807) is 7.05 Å². The lowest BCUT2D eigenvalue weighted by molar-refractivity contribution is -0.120. The Labute approximate surface area is 108 Å². The van der Waals surface area contributed by atoms with E-state index in [0.717, 1.165) is 17.2 Å². The van der Waals surface area contributed by atoms with Crippen molar-refractivity contribution in [2.45, 2.75) is 20.3 Å². The Balaban J connectivity index is 2.88. The number of carbonyl (C=O) groups excluding carboxylic acids is 1. The molecular weight excluding hydrogens is 230 g/mol. The molecule has 0 saturated carbocycles. The van der Waals surface area contributed by atoms with Gasteiger partial charge >= 0.3 is 0 Å². The second-order valence-electron chi connectivity index (χ2n) is 4.16. The second kappa shape index (κ2) is 6.18. The van der Waals surface area contributed by atoms with Gasteiger partial charge in [-0.1, -0.05) is 0 Å². The van der Waals surface area contributed by atoms with Crippen molar-refractivity contribution in [3.63, 3.8) is 0 Å². The van der Waals surface area contributed by atoms with Crippen LogP contribution in [0.3, 0.4) is 0 Å². The van der Waals surface area contributed by atoms with E-state index in [1.807, 2.05) is 32.8 Å². The monoisotopic (exact) mass is 251 g/mol. The molecule has 100 valence electrons. The number of carbonyl (C=O) groups is 1. The van der Waals surface area contributed by atoms with Crippen LogP contribution in [0.4, 0.5) is 11.6 Å². The number of hydrogen-bond donors (Lipinski definition) is 2. The molecule has 0 atom stereocenters. The standard InChI is InChI=1S/C12H21N5O/c1-8-11(14-4)15-9(2)16-12(8)17(5)7-6-10(18)13-3/h6-7H2,1-5H3,(H,13,18)(H,14,15,16). The van der Waals surface area contributed by atoms with Crippen LogP contribution in [-0.4, -0.2) is 43.6 Å². The average molecular weight is 251 g/mol. The van der Waals surface area contributed by atoms with Crippen LogP contribution in [0, 0.1) is 13.8 Å². The number of amides is 1. The van der Waals surface area contributed by atoms with Crippen molar-refractivity contribution in [2.75, 3.05) is 37.9 Å². The molecule has 18 heavy (non-hydrogen) atoms. The molecule has 0 spiro atoms. The molecule has 1 aromatic heterocycles. The van der Waals surface area contributed by atoms with Gasteiger partial charge in [0.2, 0.25) is 5.91 Å². The largest absolute Gasteiger partial charge is 0.373 e. The average Bonchev–Trinajstić information content (AvgIpc) is 2.37. The SMILES string of the molecule is CNC(=O)CCN(C)c1nc(C)nc(NC)c1C. The van der Waals surface area contributed by atoms with Gasteiger partial charge in [-0.25, -0.2) is 9.97 Å². The first kappa shape index (κ1) is 14.2. The predicted octanol–water partition coefficient (Wildman–Crippen LogP) is 0.707. The van der Waals surface area contributed by atoms with Crippen LogP contribution in [-0.2, 0) is 4.79 Å². The van der Waals surface area contributed by atoms with Crippen LogP contribution in [0.15, 0.2) is 0 Å². The van der Waals surface area contributed by atoms with Gasteiger partial charge in [-0.3, -0.25) is 4.79 Å². The molecule has 0 aromatic carbocycles. The third-order valence-electron chi connectivity index (χ3n) is 2.78. The minimum atomic E-state index is 0.0270. The first-order valence-electron chi connectivity index (χ1n) is 5.94. The summed E-state index contributed by atoms with van der Waals surface area (Å²) in [6.07, 6.45) is 0.449. The van der Waals surface area contributed by atoms with E-state index in [9.17, 15) is 4.79 Å². The lowest BCUT2D eigenvalue weighted by atomic mass is 10.2. The normalized spacial score (nSPS) is 10.1. The Kier molecular flexibility index (Phi) is 4.88. The molecule has 1 rings (SSSR count). The fourth-order valence-corrected chi connectivity index (χ4v) is 1.73. The van der Waals surface area contributed by atoms with Crippen LogP contribution in [0.25, 0.3) is 0 Å². The Morgan fingerprint density at radius 2 is 1.94 bits per heavy atom. The van der Waals surface area contributed by atoms with Gasteiger partial charge in [0.05, 0.1) is 0 Å². The summed E-state index contributed by atoms with van der Waals surface area (Å²) in [7, 11) is 5.40. The number of aromatic nitrogens is 2. The van der Waals surface area contributed by atoms with Gasteiger partial charge in [-0.05, 0) is 13.8 Å². The third kappa shape index (κ3) is 3.32. The number of hydrogen-bond acceptors (Lipinski definition) is 5. The van der Waals surface area contributed by atoms with Crippen molar-refractivity contribution in [1.82, 2.24) is 15.3 Å². The Bertz CT molecular complexity index is 433. The Morgan fingerprint density at radius 3 is 2.50 bits per heavy atom. The highest BCUT2D eigenvalue weighted by atomic mass is 16.1. The van der Waals surface area contributed by atoms with Gasteiger partial charge in [0, 0.05) is 39.7 Å². The topological polar surface area (TPSA) is 70.2 Å². The quantitative estimate of drug-likeness (QED) is 0.806. The highest BCUT2D eigenvalue weighted by molar-refractivity contribution is 5.76. The lowest BCUT2D eigenvalue weighted by Gasteiger charge is -2.21. The van der Waals surface area contributed by atoms with Gasteiger partial charge in [-0.15, -0.1) is 0 Å². The highest BCUT2D eigenvalue weighted by Crippen LogP contribution is 2.22. The molecule has 1 aromatic rings. The summed E-state index contributed by atoms with van der Waals surface area (Å²) in [4.78, 5) is 22.0. The molecule has 6 heteroatoms. The van der Waals surface area contributed by atoms with Gasteiger partial charge < -0.3 is 15.5 Å². The Hall–Kier alpha value is -1.85. The van der Waals surface area contributed by atoms with Crippen LogP contribution in [0.1, 0.15) is 17.8 Å². The summed E-state index contributed by atoms with van der Waals surface area (Å²) in [5.74, 6) is 2.42. The molecular formula is C12H21N5O. The lowest BCUT2D eigenvalue weighted by Crippen LogP contribution is -2.27. The van der Waals surface area contributed by atoms with E-state index >= 15 is 0 Å². The number of aryl methyl sites for hydroxylation is 1. The van der Waals surface area contributed by atoms with Crippen molar-refractivity contribution < 1.29 is 4.79 Å². The maximum Gasteiger partial charge on any atom is 0.221 e. The number of rotatable bonds is 5. The first-order chi connectivity index (χ1) is 8.49. The molecule has 0 saturated heterocycles. The van der Waals surface area contributed by atoms with Crippen LogP contribution < -0.4 is 15.5 Å². The summed E-state index contributed by atoms with van der Waals surface area (Å²) in [5.41, 5.74) is 0.988. The van der Waals surface area contributed by atoms with Crippen LogP contribution >= 0.6 is 0 Å². The fraction of sp³-hybridized carbons (Fsp3) is 0.583. The molecule has 0 aliphatic heterocycles. The second-order valence-corrected chi connectivity index (χ2v) is 4.16. The zero-order chi connectivity index (χ0) is 13.7. The number of anilines is 2. The smallest absolute Gasteiger partial charge is 0.221 e. The van der Waals surface area contributed by atoms with E-state index in [-0.39, 0.29) is 5.91 Å². The summed E-state index contributed by atoms with van der Waals surface area (Å²) >= 11 is 0. The molecule has 1 heterocycles. The van der Waals surface area contributed by atoms with Crippen molar-refractivity contribution >= 4 is 17.5 Å². The van der Waals surface area contributed by atoms with Gasteiger partial charge in [-0.2, -0.15) is 0 Å². The fourth-order valence-electron chi connectivity index (χ4n) is 1.73. The van der Waals surface area contributed by atoms with Gasteiger partial charge in [0.1, 0.15) is 17.5 Å². The molecule has 2 N–H and O–H groups in total. The predicted molar refractivity (Wildman–Crippen MR) is 73.0 cm³/mol. The molecule has 0 radical (unpaired) electrons. The number of nitrogens with one attached hydrogen (secondary N) is 2. The van der Waals surface area contributed by atoms with E-state index in [0.29, 0.717) is 18.8 Å². The van der Waals surface area contributed by atoms with Gasteiger partial charge in [0.15, 0.2) is 0 Å². The summed E-state index contributed by atoms with van der Waals surface area (Å²) in [5, 5.41) is 5.66. The zero-order valence-corrected chi connectivity index (χ0v) is 11.7. The maximum atomic E-state index is 11.2. The maximum absolute atomic E-state index is 11.2. The minimum absolute atomic E-state index is 0.0270. The molecule has 0 unspecified atom stereocenters. The van der Waals surface area contributed by atoms with Crippen molar-refractivity contribution in [2.24, 2.45) is 0 Å². The highest BCUT2D eigenvalue weighted by Gasteiger charge is 2.12. The molecule has 0 fully saturated rings. The minimum Gasteiger partial charge on any atom is -0.373 e. The molecule has 0 aliphatic carbocycles. The Morgan fingerprint density at radius 1 is 1.28 bits per heavy atom. The van der Waals surface area contributed by atoms with Crippen LogP contribution in [0.5, 0.6) is 0 Å². The first-order valence-corrected chi connectivity index (χ1v) is 5.94. The van der Waals surface area contributed by atoms with Crippen LogP contribution in [0.2, 0.25) is 0 Å². The zero-order valence-electron chi connectivity index (χ0n) is 11.7. The van der Waals surface area contributed by atoms with E-state index in [4.69, 9.17) is 0 Å². The molecule has 1 amide bonds.